The highest BCUT2D eigenvalue weighted by atomic mass is 35.5. The van der Waals surface area contributed by atoms with Crippen LogP contribution in [0.2, 0.25) is 5.02 Å². The third-order valence-electron chi connectivity index (χ3n) is 2.87. The SMILES string of the molecule is C=CCN(CC=C)C(=O)c1sc2cc(Cl)ccc2c1N. The summed E-state index contributed by atoms with van der Waals surface area (Å²) in [5.41, 5.74) is 6.59. The molecular formula is C15H15ClN2OS. The van der Waals surface area contributed by atoms with E-state index in [0.717, 1.165) is 10.1 Å². The first-order chi connectivity index (χ1) is 9.58. The molecule has 2 N–H and O–H groups in total. The van der Waals surface area contributed by atoms with E-state index in [0.29, 0.717) is 28.7 Å². The van der Waals surface area contributed by atoms with E-state index in [4.69, 9.17) is 17.3 Å². The summed E-state index contributed by atoms with van der Waals surface area (Å²) in [6.07, 6.45) is 3.36. The van der Waals surface area contributed by atoms with E-state index in [1.807, 2.05) is 12.1 Å². The Morgan fingerprint density at radius 1 is 1.35 bits per heavy atom. The Morgan fingerprint density at radius 2 is 2.00 bits per heavy atom. The first kappa shape index (κ1) is 14.6. The zero-order valence-electron chi connectivity index (χ0n) is 10.9. The van der Waals surface area contributed by atoms with E-state index >= 15 is 0 Å². The summed E-state index contributed by atoms with van der Waals surface area (Å²) in [4.78, 5) is 14.7. The lowest BCUT2D eigenvalue weighted by Gasteiger charge is -2.18. The van der Waals surface area contributed by atoms with Crippen molar-refractivity contribution < 1.29 is 4.79 Å². The van der Waals surface area contributed by atoms with Gasteiger partial charge in [0.1, 0.15) is 4.88 Å². The summed E-state index contributed by atoms with van der Waals surface area (Å²) in [6.45, 7) is 8.24. The van der Waals surface area contributed by atoms with Crippen LogP contribution >= 0.6 is 22.9 Å². The van der Waals surface area contributed by atoms with Crippen LogP contribution in [0.5, 0.6) is 0 Å². The van der Waals surface area contributed by atoms with E-state index in [1.54, 1.807) is 23.1 Å². The molecule has 0 aliphatic rings. The predicted molar refractivity (Wildman–Crippen MR) is 87.5 cm³/mol. The van der Waals surface area contributed by atoms with Crippen molar-refractivity contribution in [3.05, 3.63) is 53.4 Å². The molecule has 0 fully saturated rings. The molecule has 3 nitrogen and oxygen atoms in total. The molecule has 0 unspecified atom stereocenters. The third-order valence-corrected chi connectivity index (χ3v) is 4.26. The Hall–Kier alpha value is -1.78. The van der Waals surface area contributed by atoms with Crippen LogP contribution in [-0.2, 0) is 0 Å². The van der Waals surface area contributed by atoms with Gasteiger partial charge in [-0.25, -0.2) is 0 Å². The molecule has 0 aliphatic heterocycles. The van der Waals surface area contributed by atoms with Gasteiger partial charge >= 0.3 is 0 Å². The average Bonchev–Trinajstić information content (AvgIpc) is 2.74. The standard InChI is InChI=1S/C15H15ClN2OS/c1-3-7-18(8-4-2)15(19)14-13(17)11-6-5-10(16)9-12(11)20-14/h3-6,9H,1-2,7-8,17H2. The summed E-state index contributed by atoms with van der Waals surface area (Å²) in [5, 5.41) is 1.49. The lowest BCUT2D eigenvalue weighted by atomic mass is 10.2. The lowest BCUT2D eigenvalue weighted by Crippen LogP contribution is -2.31. The zero-order valence-corrected chi connectivity index (χ0v) is 12.5. The molecule has 5 heteroatoms. The molecule has 0 saturated carbocycles. The van der Waals surface area contributed by atoms with Crippen LogP contribution in [0.4, 0.5) is 5.69 Å². The summed E-state index contributed by atoms with van der Waals surface area (Å²) in [6, 6.07) is 5.43. The number of fused-ring (bicyclic) bond motifs is 1. The molecule has 1 aromatic carbocycles. The van der Waals surface area contributed by atoms with E-state index in [1.165, 1.54) is 11.3 Å². The summed E-state index contributed by atoms with van der Waals surface area (Å²) >= 11 is 7.32. The van der Waals surface area contributed by atoms with Crippen LogP contribution < -0.4 is 5.73 Å². The predicted octanol–water partition coefficient (Wildman–Crippen LogP) is 3.95. The number of nitrogens with zero attached hydrogens (tertiary/aromatic N) is 1. The Bertz CT molecular complexity index is 668. The van der Waals surface area contributed by atoms with Gasteiger partial charge in [0.15, 0.2) is 0 Å². The fourth-order valence-electron chi connectivity index (χ4n) is 1.94. The lowest BCUT2D eigenvalue weighted by molar-refractivity contribution is 0.0796. The van der Waals surface area contributed by atoms with E-state index in [9.17, 15) is 4.79 Å². The van der Waals surface area contributed by atoms with Crippen molar-refractivity contribution in [1.82, 2.24) is 4.90 Å². The molecule has 104 valence electrons. The Morgan fingerprint density at radius 3 is 2.60 bits per heavy atom. The van der Waals surface area contributed by atoms with Gasteiger partial charge < -0.3 is 10.6 Å². The minimum absolute atomic E-state index is 0.111. The Labute approximate surface area is 126 Å². The minimum atomic E-state index is -0.111. The minimum Gasteiger partial charge on any atom is -0.397 e. The van der Waals surface area contributed by atoms with Crippen LogP contribution in [0.15, 0.2) is 43.5 Å². The molecule has 1 amide bonds. The van der Waals surface area contributed by atoms with Gasteiger partial charge in [0, 0.05) is 28.2 Å². The van der Waals surface area contributed by atoms with Crippen molar-refractivity contribution >= 4 is 44.6 Å². The number of benzene rings is 1. The van der Waals surface area contributed by atoms with Gasteiger partial charge in [0.05, 0.1) is 5.69 Å². The smallest absolute Gasteiger partial charge is 0.266 e. The molecule has 0 saturated heterocycles. The van der Waals surface area contributed by atoms with Gasteiger partial charge in [0.25, 0.3) is 5.91 Å². The maximum Gasteiger partial charge on any atom is 0.266 e. The molecule has 0 bridgehead atoms. The van der Waals surface area contributed by atoms with Crippen molar-refractivity contribution in [1.29, 1.82) is 0 Å². The van der Waals surface area contributed by atoms with Gasteiger partial charge in [-0.2, -0.15) is 0 Å². The van der Waals surface area contributed by atoms with E-state index in [-0.39, 0.29) is 5.91 Å². The molecule has 2 rings (SSSR count). The fourth-order valence-corrected chi connectivity index (χ4v) is 3.31. The average molecular weight is 307 g/mol. The number of rotatable bonds is 5. The topological polar surface area (TPSA) is 46.3 Å². The Kier molecular flexibility index (Phi) is 4.47. The van der Waals surface area contributed by atoms with Crippen LogP contribution in [0.25, 0.3) is 10.1 Å². The highest BCUT2D eigenvalue weighted by Crippen LogP contribution is 2.35. The van der Waals surface area contributed by atoms with E-state index < -0.39 is 0 Å². The largest absolute Gasteiger partial charge is 0.397 e. The first-order valence-electron chi connectivity index (χ1n) is 6.07. The summed E-state index contributed by atoms with van der Waals surface area (Å²) in [7, 11) is 0. The Balaban J connectivity index is 2.45. The molecule has 0 radical (unpaired) electrons. The number of halogens is 1. The van der Waals surface area contributed by atoms with Crippen molar-refractivity contribution in [3.8, 4) is 0 Å². The number of hydrogen-bond acceptors (Lipinski definition) is 3. The first-order valence-corrected chi connectivity index (χ1v) is 7.26. The van der Waals surface area contributed by atoms with Crippen molar-refractivity contribution in [3.63, 3.8) is 0 Å². The molecule has 1 aromatic heterocycles. The van der Waals surface area contributed by atoms with Crippen molar-refractivity contribution in [2.75, 3.05) is 18.8 Å². The molecule has 1 heterocycles. The highest BCUT2D eigenvalue weighted by molar-refractivity contribution is 7.21. The molecule has 0 atom stereocenters. The molecule has 20 heavy (non-hydrogen) atoms. The number of hydrogen-bond donors (Lipinski definition) is 1. The molecule has 0 spiro atoms. The second kappa shape index (κ2) is 6.11. The third kappa shape index (κ3) is 2.71. The zero-order chi connectivity index (χ0) is 14.7. The fraction of sp³-hybridized carbons (Fsp3) is 0.133. The molecule has 0 aliphatic carbocycles. The number of nitrogen functional groups attached to an aromatic ring is 1. The number of carbonyl (C=O) groups excluding carboxylic acids is 1. The maximum atomic E-state index is 12.5. The van der Waals surface area contributed by atoms with Crippen molar-refractivity contribution in [2.45, 2.75) is 0 Å². The molecular weight excluding hydrogens is 292 g/mol. The summed E-state index contributed by atoms with van der Waals surface area (Å²) < 4.78 is 0.913. The quantitative estimate of drug-likeness (QED) is 0.850. The van der Waals surface area contributed by atoms with Crippen LogP contribution in [0.1, 0.15) is 9.67 Å². The highest BCUT2D eigenvalue weighted by Gasteiger charge is 2.20. The van der Waals surface area contributed by atoms with Gasteiger partial charge in [0.2, 0.25) is 0 Å². The number of anilines is 1. The van der Waals surface area contributed by atoms with Crippen LogP contribution in [0, 0.1) is 0 Å². The number of thiophene rings is 1. The van der Waals surface area contributed by atoms with E-state index in [2.05, 4.69) is 13.2 Å². The van der Waals surface area contributed by atoms with Gasteiger partial charge in [-0.3, -0.25) is 4.79 Å². The maximum absolute atomic E-state index is 12.5. The number of nitrogens with two attached hydrogens (primary N) is 1. The van der Waals surface area contributed by atoms with Gasteiger partial charge in [-0.15, -0.1) is 24.5 Å². The monoisotopic (exact) mass is 306 g/mol. The van der Waals surface area contributed by atoms with Crippen LogP contribution in [0.3, 0.4) is 0 Å². The van der Waals surface area contributed by atoms with Crippen LogP contribution in [-0.4, -0.2) is 23.9 Å². The van der Waals surface area contributed by atoms with Gasteiger partial charge in [-0.1, -0.05) is 23.8 Å². The molecule has 2 aromatic rings. The van der Waals surface area contributed by atoms with Gasteiger partial charge in [-0.05, 0) is 18.2 Å². The second-order valence-corrected chi connectivity index (χ2v) is 5.76. The number of amides is 1. The summed E-state index contributed by atoms with van der Waals surface area (Å²) in [5.74, 6) is -0.111. The van der Waals surface area contributed by atoms with Crippen molar-refractivity contribution in [2.24, 2.45) is 0 Å². The normalized spacial score (nSPS) is 10.4. The second-order valence-electron chi connectivity index (χ2n) is 4.27. The number of carbonyl (C=O) groups is 1.